The van der Waals surface area contributed by atoms with Crippen LogP contribution in [-0.4, -0.2) is 97.5 Å². The highest BCUT2D eigenvalue weighted by Crippen LogP contribution is 2.30. The van der Waals surface area contributed by atoms with E-state index >= 15 is 0 Å². The molecular formula is C28H32F2N4O9. The zero-order chi connectivity index (χ0) is 30.5. The van der Waals surface area contributed by atoms with E-state index in [-0.39, 0.29) is 37.0 Å². The van der Waals surface area contributed by atoms with Crippen LogP contribution in [0.15, 0.2) is 29.2 Å². The van der Waals surface area contributed by atoms with E-state index in [2.05, 4.69) is 10.2 Å². The summed E-state index contributed by atoms with van der Waals surface area (Å²) in [6.07, 6.45) is 0.116. The number of nitrogens with one attached hydrogen (secondary N) is 1. The molecule has 2 aromatic rings. The van der Waals surface area contributed by atoms with E-state index in [0.29, 0.717) is 38.9 Å². The third-order valence-electron chi connectivity index (χ3n) is 7.47. The number of morpholine rings is 1. The fourth-order valence-electron chi connectivity index (χ4n) is 5.14. The maximum absolute atomic E-state index is 14.1. The van der Waals surface area contributed by atoms with E-state index < -0.39 is 59.4 Å². The van der Waals surface area contributed by atoms with E-state index in [9.17, 15) is 28.0 Å². The Hall–Kier alpha value is -4.08. The largest absolute Gasteiger partial charge is 0.511 e. The van der Waals surface area contributed by atoms with Gasteiger partial charge in [-0.05, 0) is 19.4 Å². The van der Waals surface area contributed by atoms with Crippen molar-refractivity contribution in [3.05, 3.63) is 63.1 Å². The lowest BCUT2D eigenvalue weighted by atomic mass is 10.1. The second-order valence-corrected chi connectivity index (χ2v) is 10.3. The first-order valence-corrected chi connectivity index (χ1v) is 13.9. The van der Waals surface area contributed by atoms with Gasteiger partial charge in [-0.25, -0.2) is 13.6 Å². The number of carbonyl (C=O) groups excluding carboxylic acids is 3. The number of nitrogens with zero attached hydrogens (tertiary/aromatic N) is 3. The van der Waals surface area contributed by atoms with Crippen LogP contribution in [0.5, 0.6) is 5.75 Å². The molecule has 1 aromatic heterocycles. The molecule has 3 aliphatic heterocycles. The molecule has 2 amide bonds. The second kappa shape index (κ2) is 13.5. The molecule has 1 aromatic carbocycles. The van der Waals surface area contributed by atoms with E-state index in [0.717, 1.165) is 19.2 Å². The number of hydrogen-bond acceptors (Lipinski definition) is 10. The van der Waals surface area contributed by atoms with Gasteiger partial charge in [0.1, 0.15) is 23.8 Å². The summed E-state index contributed by atoms with van der Waals surface area (Å²) >= 11 is 0. The zero-order valence-corrected chi connectivity index (χ0v) is 23.5. The number of amides is 2. The van der Waals surface area contributed by atoms with E-state index in [1.165, 1.54) is 21.7 Å². The van der Waals surface area contributed by atoms with E-state index in [4.69, 9.17) is 23.7 Å². The molecule has 0 bridgehead atoms. The number of ether oxygens (including phenoxy) is 5. The Labute approximate surface area is 245 Å². The summed E-state index contributed by atoms with van der Waals surface area (Å²) in [5, 5.41) is 2.44. The summed E-state index contributed by atoms with van der Waals surface area (Å²) in [4.78, 5) is 55.8. The van der Waals surface area contributed by atoms with Gasteiger partial charge in [-0.3, -0.25) is 19.3 Å². The highest BCUT2D eigenvalue weighted by molar-refractivity contribution is 5.99. The molecule has 15 heteroatoms. The fourth-order valence-corrected chi connectivity index (χ4v) is 5.14. The summed E-state index contributed by atoms with van der Waals surface area (Å²) in [6.45, 7) is 4.45. The van der Waals surface area contributed by atoms with Gasteiger partial charge < -0.3 is 38.5 Å². The van der Waals surface area contributed by atoms with Crippen molar-refractivity contribution in [2.75, 3.05) is 52.9 Å². The van der Waals surface area contributed by atoms with Crippen molar-refractivity contribution >= 4 is 18.0 Å². The number of hydrogen-bond donors (Lipinski definition) is 1. The molecular weight excluding hydrogens is 574 g/mol. The van der Waals surface area contributed by atoms with Gasteiger partial charge in [-0.1, -0.05) is 6.07 Å². The topological polar surface area (TPSA) is 138 Å². The number of benzene rings is 1. The van der Waals surface area contributed by atoms with Gasteiger partial charge in [0.05, 0.1) is 26.4 Å². The highest BCUT2D eigenvalue weighted by atomic mass is 19.1. The standard InChI is InChI=1S/C28H32F2N4O9/c1-17-4-8-40-22-15-33-14-20(26(36)31-13-18-2-3-19(29)12-21(18)30)24(35)25(23(33)27(37)34(17)22)42-16-43-28(38)41-11-7-32-5-9-39-10-6-32/h2-3,12,14,17,22H,4-11,13,15-16H2,1H3,(H,31,36). The van der Waals surface area contributed by atoms with Crippen LogP contribution in [0.1, 0.15) is 39.8 Å². The van der Waals surface area contributed by atoms with Crippen LogP contribution in [0, 0.1) is 11.6 Å². The molecule has 0 spiro atoms. The molecule has 2 fully saturated rings. The summed E-state index contributed by atoms with van der Waals surface area (Å²) in [7, 11) is 0. The van der Waals surface area contributed by atoms with Crippen molar-refractivity contribution in [1.29, 1.82) is 0 Å². The Balaban J connectivity index is 1.32. The van der Waals surface area contributed by atoms with Crippen LogP contribution in [0.4, 0.5) is 13.6 Å². The van der Waals surface area contributed by atoms with Crippen molar-refractivity contribution in [1.82, 2.24) is 19.7 Å². The summed E-state index contributed by atoms with van der Waals surface area (Å²) in [6, 6.07) is 2.71. The summed E-state index contributed by atoms with van der Waals surface area (Å²) < 4.78 is 55.3. The molecule has 2 saturated heterocycles. The SMILES string of the molecule is CC1CCOC2Cn3cc(C(=O)NCc4ccc(F)cc4F)c(=O)c(OCOC(=O)OCCN4CCOCC4)c3C(=O)N12. The molecule has 3 aliphatic rings. The van der Waals surface area contributed by atoms with Crippen molar-refractivity contribution in [3.8, 4) is 5.75 Å². The predicted octanol–water partition coefficient (Wildman–Crippen LogP) is 1.47. The summed E-state index contributed by atoms with van der Waals surface area (Å²) in [5.74, 6) is -3.57. The molecule has 0 aliphatic carbocycles. The smallest absolute Gasteiger partial charge is 0.451 e. The second-order valence-electron chi connectivity index (χ2n) is 10.3. The maximum Gasteiger partial charge on any atom is 0.511 e. The average Bonchev–Trinajstić information content (AvgIpc) is 2.98. The van der Waals surface area contributed by atoms with Crippen LogP contribution < -0.4 is 15.5 Å². The van der Waals surface area contributed by atoms with Gasteiger partial charge in [0.2, 0.25) is 18.0 Å². The van der Waals surface area contributed by atoms with Crippen LogP contribution in [0.25, 0.3) is 0 Å². The highest BCUT2D eigenvalue weighted by Gasteiger charge is 2.41. The predicted molar refractivity (Wildman–Crippen MR) is 143 cm³/mol. The molecule has 13 nitrogen and oxygen atoms in total. The van der Waals surface area contributed by atoms with Crippen molar-refractivity contribution in [2.24, 2.45) is 0 Å². The van der Waals surface area contributed by atoms with Gasteiger partial charge in [-0.2, -0.15) is 0 Å². The molecule has 0 radical (unpaired) electrons. The van der Waals surface area contributed by atoms with Crippen LogP contribution in [0.3, 0.4) is 0 Å². The Morgan fingerprint density at radius 1 is 1.12 bits per heavy atom. The molecule has 1 N–H and O–H groups in total. The minimum atomic E-state index is -1.04. The quantitative estimate of drug-likeness (QED) is 0.330. The first-order chi connectivity index (χ1) is 20.7. The van der Waals surface area contributed by atoms with Gasteiger partial charge >= 0.3 is 6.16 Å². The lowest BCUT2D eigenvalue weighted by molar-refractivity contribution is -0.112. The third-order valence-corrected chi connectivity index (χ3v) is 7.47. The van der Waals surface area contributed by atoms with E-state index in [1.54, 1.807) is 0 Å². The molecule has 232 valence electrons. The molecule has 43 heavy (non-hydrogen) atoms. The Bertz CT molecular complexity index is 1430. The Kier molecular flexibility index (Phi) is 9.52. The average molecular weight is 607 g/mol. The maximum atomic E-state index is 14.1. The first-order valence-electron chi connectivity index (χ1n) is 13.9. The Morgan fingerprint density at radius 2 is 1.91 bits per heavy atom. The molecule has 4 heterocycles. The normalized spacial score (nSPS) is 20.2. The lowest BCUT2D eigenvalue weighted by Crippen LogP contribution is -2.57. The first kappa shape index (κ1) is 30.4. The number of pyridine rings is 1. The molecule has 5 rings (SSSR count). The van der Waals surface area contributed by atoms with Gasteiger partial charge in [0.25, 0.3) is 11.8 Å². The third kappa shape index (κ3) is 6.95. The lowest BCUT2D eigenvalue weighted by Gasteiger charge is -2.44. The van der Waals surface area contributed by atoms with Crippen LogP contribution in [0.2, 0.25) is 0 Å². The van der Waals surface area contributed by atoms with Crippen molar-refractivity contribution in [3.63, 3.8) is 0 Å². The minimum absolute atomic E-state index is 0.000214. The van der Waals surface area contributed by atoms with Crippen molar-refractivity contribution < 1.29 is 46.8 Å². The number of rotatable bonds is 9. The Morgan fingerprint density at radius 3 is 2.67 bits per heavy atom. The van der Waals surface area contributed by atoms with Gasteiger partial charge in [-0.15, -0.1) is 0 Å². The van der Waals surface area contributed by atoms with Gasteiger partial charge in [0.15, 0.2) is 11.9 Å². The minimum Gasteiger partial charge on any atom is -0.451 e. The molecule has 2 atom stereocenters. The van der Waals surface area contributed by atoms with Crippen LogP contribution in [-0.2, 0) is 32.0 Å². The van der Waals surface area contributed by atoms with E-state index in [1.807, 2.05) is 6.92 Å². The number of halogens is 2. The fraction of sp³-hybridized carbons (Fsp3) is 0.500. The number of carbonyl (C=O) groups is 3. The molecule has 0 saturated carbocycles. The monoisotopic (exact) mass is 606 g/mol. The van der Waals surface area contributed by atoms with Crippen LogP contribution >= 0.6 is 0 Å². The van der Waals surface area contributed by atoms with Crippen molar-refractivity contribution in [2.45, 2.75) is 38.7 Å². The summed E-state index contributed by atoms with van der Waals surface area (Å²) in [5.41, 5.74) is -1.48. The molecule has 2 unspecified atom stereocenters. The van der Waals surface area contributed by atoms with Gasteiger partial charge in [0, 0.05) is 50.0 Å². The number of fused-ring (bicyclic) bond motifs is 2. The zero-order valence-electron chi connectivity index (χ0n) is 23.5. The number of aromatic nitrogens is 1.